The minimum absolute atomic E-state index is 0.0898. The maximum Gasteiger partial charge on any atom is 0.160 e. The summed E-state index contributed by atoms with van der Waals surface area (Å²) in [6.45, 7) is 11.0. The molecule has 4 rings (SSSR count). The van der Waals surface area contributed by atoms with E-state index in [0.717, 1.165) is 18.8 Å². The zero-order valence-corrected chi connectivity index (χ0v) is 15.5. The first-order chi connectivity index (χ1) is 11.6. The van der Waals surface area contributed by atoms with Crippen LogP contribution in [0.4, 0.5) is 0 Å². The SMILES string of the molecule is CCn1c(C)cc([C@H]2[C@H](c3ccccn3)N=C3S[C@@H](C)CN32)c1C. The van der Waals surface area contributed by atoms with Crippen LogP contribution in [0.15, 0.2) is 35.5 Å². The van der Waals surface area contributed by atoms with Crippen LogP contribution in [-0.4, -0.2) is 31.4 Å². The lowest BCUT2D eigenvalue weighted by Crippen LogP contribution is -2.28. The van der Waals surface area contributed by atoms with Crippen molar-refractivity contribution in [3.05, 3.63) is 53.1 Å². The summed E-state index contributed by atoms with van der Waals surface area (Å²) < 4.78 is 2.40. The largest absolute Gasteiger partial charge is 0.349 e. The van der Waals surface area contributed by atoms with Gasteiger partial charge in [0.2, 0.25) is 0 Å². The molecule has 1 saturated heterocycles. The molecular weight excluding hydrogens is 316 g/mol. The molecule has 5 heteroatoms. The Balaban J connectivity index is 1.81. The molecule has 0 N–H and O–H groups in total. The predicted octanol–water partition coefficient (Wildman–Crippen LogP) is 4.11. The summed E-state index contributed by atoms with van der Waals surface area (Å²) in [6, 6.07) is 8.85. The third kappa shape index (κ3) is 2.37. The third-order valence-corrected chi connectivity index (χ3v) is 6.23. The van der Waals surface area contributed by atoms with Crippen LogP contribution >= 0.6 is 11.8 Å². The molecule has 0 bridgehead atoms. The van der Waals surface area contributed by atoms with Crippen molar-refractivity contribution in [2.45, 2.75) is 51.6 Å². The van der Waals surface area contributed by atoms with Gasteiger partial charge in [0.25, 0.3) is 0 Å². The van der Waals surface area contributed by atoms with Crippen LogP contribution in [0.3, 0.4) is 0 Å². The van der Waals surface area contributed by atoms with E-state index in [4.69, 9.17) is 4.99 Å². The van der Waals surface area contributed by atoms with Crippen molar-refractivity contribution in [3.8, 4) is 0 Å². The van der Waals surface area contributed by atoms with Gasteiger partial charge in [0.15, 0.2) is 5.17 Å². The van der Waals surface area contributed by atoms with Crippen LogP contribution in [0, 0.1) is 13.8 Å². The second-order valence-electron chi connectivity index (χ2n) is 6.71. The van der Waals surface area contributed by atoms with Gasteiger partial charge in [0.05, 0.1) is 11.7 Å². The molecule has 4 heterocycles. The van der Waals surface area contributed by atoms with E-state index in [0.29, 0.717) is 5.25 Å². The summed E-state index contributed by atoms with van der Waals surface area (Å²) in [6.07, 6.45) is 1.88. The van der Waals surface area contributed by atoms with Crippen LogP contribution in [0.1, 0.15) is 48.6 Å². The van der Waals surface area contributed by atoms with Crippen molar-refractivity contribution in [3.63, 3.8) is 0 Å². The zero-order chi connectivity index (χ0) is 16.8. The highest BCUT2D eigenvalue weighted by molar-refractivity contribution is 8.14. The molecular formula is C19H24N4S. The molecule has 3 atom stereocenters. The summed E-state index contributed by atoms with van der Waals surface area (Å²) in [7, 11) is 0. The Morgan fingerprint density at radius 3 is 2.79 bits per heavy atom. The normalized spacial score (nSPS) is 25.9. The molecule has 0 radical (unpaired) electrons. The second kappa shape index (κ2) is 5.96. The first-order valence-electron chi connectivity index (χ1n) is 8.68. The average molecular weight is 340 g/mol. The van der Waals surface area contributed by atoms with Crippen LogP contribution in [-0.2, 0) is 6.54 Å². The Bertz CT molecular complexity index is 780. The number of rotatable bonds is 3. The van der Waals surface area contributed by atoms with Crippen molar-refractivity contribution >= 4 is 16.9 Å². The molecule has 0 aliphatic carbocycles. The predicted molar refractivity (Wildman–Crippen MR) is 100 cm³/mol. The number of aryl methyl sites for hydroxylation is 1. The zero-order valence-electron chi connectivity index (χ0n) is 14.7. The van der Waals surface area contributed by atoms with Crippen molar-refractivity contribution in [2.24, 2.45) is 4.99 Å². The standard InChI is InChI=1S/C19H24N4S/c1-5-22-12(2)10-15(14(22)4)18-17(16-8-6-7-9-20-16)21-19-23(18)11-13(3)24-19/h6-10,13,17-18H,5,11H2,1-4H3/t13-,17-,18-/m0/s1. The number of thioether (sulfide) groups is 1. The highest BCUT2D eigenvalue weighted by Crippen LogP contribution is 2.48. The fourth-order valence-electron chi connectivity index (χ4n) is 4.07. The fourth-order valence-corrected chi connectivity index (χ4v) is 5.16. The summed E-state index contributed by atoms with van der Waals surface area (Å²) in [5.41, 5.74) is 5.16. The van der Waals surface area contributed by atoms with Gasteiger partial charge >= 0.3 is 0 Å². The smallest absolute Gasteiger partial charge is 0.160 e. The molecule has 126 valence electrons. The molecule has 0 aromatic carbocycles. The van der Waals surface area contributed by atoms with E-state index in [9.17, 15) is 0 Å². The molecule has 4 nitrogen and oxygen atoms in total. The van der Waals surface area contributed by atoms with Gasteiger partial charge in [-0.2, -0.15) is 0 Å². The van der Waals surface area contributed by atoms with Crippen molar-refractivity contribution in [1.29, 1.82) is 0 Å². The minimum Gasteiger partial charge on any atom is -0.349 e. The lowest BCUT2D eigenvalue weighted by Gasteiger charge is -2.27. The summed E-state index contributed by atoms with van der Waals surface area (Å²) in [4.78, 5) is 12.2. The van der Waals surface area contributed by atoms with E-state index < -0.39 is 0 Å². The van der Waals surface area contributed by atoms with Crippen LogP contribution in [0.25, 0.3) is 0 Å². The molecule has 24 heavy (non-hydrogen) atoms. The Morgan fingerprint density at radius 1 is 1.29 bits per heavy atom. The fraction of sp³-hybridized carbons (Fsp3) is 0.474. The van der Waals surface area contributed by atoms with Gasteiger partial charge in [0.1, 0.15) is 6.04 Å². The molecule has 0 amide bonds. The number of hydrogen-bond donors (Lipinski definition) is 0. The molecule has 2 aliphatic heterocycles. The van der Waals surface area contributed by atoms with Crippen LogP contribution < -0.4 is 0 Å². The number of nitrogens with zero attached hydrogens (tertiary/aromatic N) is 4. The highest BCUT2D eigenvalue weighted by atomic mass is 32.2. The first kappa shape index (κ1) is 15.8. The Labute approximate surface area is 148 Å². The molecule has 2 aromatic rings. The Hall–Kier alpha value is -1.75. The number of amidine groups is 1. The van der Waals surface area contributed by atoms with Gasteiger partial charge in [-0.3, -0.25) is 9.98 Å². The monoisotopic (exact) mass is 340 g/mol. The maximum atomic E-state index is 5.07. The summed E-state index contributed by atoms with van der Waals surface area (Å²) in [5.74, 6) is 0. The molecule has 0 unspecified atom stereocenters. The van der Waals surface area contributed by atoms with E-state index in [1.54, 1.807) is 0 Å². The van der Waals surface area contributed by atoms with Crippen LogP contribution in [0.2, 0.25) is 0 Å². The topological polar surface area (TPSA) is 33.4 Å². The van der Waals surface area contributed by atoms with Gasteiger partial charge in [-0.1, -0.05) is 24.8 Å². The first-order valence-corrected chi connectivity index (χ1v) is 9.56. The van der Waals surface area contributed by atoms with E-state index in [1.165, 1.54) is 22.1 Å². The van der Waals surface area contributed by atoms with E-state index in [1.807, 2.05) is 24.0 Å². The van der Waals surface area contributed by atoms with E-state index in [-0.39, 0.29) is 12.1 Å². The highest BCUT2D eigenvalue weighted by Gasteiger charge is 2.44. The van der Waals surface area contributed by atoms with Gasteiger partial charge in [-0.15, -0.1) is 0 Å². The number of pyridine rings is 1. The Kier molecular flexibility index (Phi) is 3.91. The summed E-state index contributed by atoms with van der Waals surface area (Å²) >= 11 is 1.90. The molecule has 2 aliphatic rings. The molecule has 1 fully saturated rings. The molecule has 0 saturated carbocycles. The average Bonchev–Trinajstić information content (AvgIpc) is 3.18. The van der Waals surface area contributed by atoms with E-state index in [2.05, 4.69) is 60.3 Å². The molecule has 0 spiro atoms. The quantitative estimate of drug-likeness (QED) is 0.843. The molecule has 2 aromatic heterocycles. The lowest BCUT2D eigenvalue weighted by molar-refractivity contribution is 0.320. The van der Waals surface area contributed by atoms with Gasteiger partial charge in [-0.25, -0.2) is 0 Å². The van der Waals surface area contributed by atoms with Crippen LogP contribution in [0.5, 0.6) is 0 Å². The second-order valence-corrected chi connectivity index (χ2v) is 8.11. The number of aromatic nitrogens is 2. The van der Waals surface area contributed by atoms with Crippen molar-refractivity contribution in [1.82, 2.24) is 14.5 Å². The number of aliphatic imine (C=N–C) groups is 1. The Morgan fingerprint density at radius 2 is 2.12 bits per heavy atom. The van der Waals surface area contributed by atoms with Crippen molar-refractivity contribution < 1.29 is 0 Å². The van der Waals surface area contributed by atoms with Gasteiger partial charge in [0, 0.05) is 35.9 Å². The van der Waals surface area contributed by atoms with E-state index >= 15 is 0 Å². The third-order valence-electron chi connectivity index (χ3n) is 5.13. The maximum absolute atomic E-state index is 5.07. The minimum atomic E-state index is 0.0898. The number of hydrogen-bond acceptors (Lipinski definition) is 4. The van der Waals surface area contributed by atoms with Gasteiger partial charge in [-0.05, 0) is 44.5 Å². The lowest BCUT2D eigenvalue weighted by atomic mass is 9.96. The van der Waals surface area contributed by atoms with Gasteiger partial charge < -0.3 is 9.47 Å². The van der Waals surface area contributed by atoms with Crippen molar-refractivity contribution in [2.75, 3.05) is 6.54 Å². The summed E-state index contributed by atoms with van der Waals surface area (Å²) in [5, 5.41) is 1.79. The number of fused-ring (bicyclic) bond motifs is 1.